The summed E-state index contributed by atoms with van der Waals surface area (Å²) in [4.78, 5) is 6.10. The van der Waals surface area contributed by atoms with Crippen molar-refractivity contribution in [1.29, 1.82) is 0 Å². The van der Waals surface area contributed by atoms with E-state index in [9.17, 15) is 13.2 Å². The first-order chi connectivity index (χ1) is 13.5. The van der Waals surface area contributed by atoms with Crippen LogP contribution in [0.15, 0.2) is 42.6 Å². The van der Waals surface area contributed by atoms with Gasteiger partial charge in [0.2, 0.25) is 0 Å². The third-order valence-electron chi connectivity index (χ3n) is 5.14. The number of hydrogen-bond donors (Lipinski definition) is 2. The fourth-order valence-corrected chi connectivity index (χ4v) is 3.71. The second-order valence-corrected chi connectivity index (χ2v) is 7.28. The number of nitrogens with one attached hydrogen (secondary N) is 1. The normalized spacial score (nSPS) is 17.0. The number of rotatable bonds is 8. The first-order valence-corrected chi connectivity index (χ1v) is 9.71. The van der Waals surface area contributed by atoms with E-state index < -0.39 is 11.7 Å². The summed E-state index contributed by atoms with van der Waals surface area (Å²) in [5.41, 5.74) is 7.62. The number of nitrogens with zero attached hydrogens (tertiary/aromatic N) is 2. The van der Waals surface area contributed by atoms with Gasteiger partial charge in [0.15, 0.2) is 0 Å². The van der Waals surface area contributed by atoms with Crippen LogP contribution < -0.4 is 11.1 Å². The third-order valence-corrected chi connectivity index (χ3v) is 5.14. The van der Waals surface area contributed by atoms with Crippen molar-refractivity contribution >= 4 is 0 Å². The number of unbranched alkanes of at least 4 members (excludes halogenated alkanes) is 1. The van der Waals surface area contributed by atoms with E-state index in [4.69, 9.17) is 5.73 Å². The Hall–Kier alpha value is -1.96. The summed E-state index contributed by atoms with van der Waals surface area (Å²) in [7, 11) is 0. The van der Waals surface area contributed by atoms with Crippen molar-refractivity contribution in [2.75, 3.05) is 19.6 Å². The minimum Gasteiger partial charge on any atom is -0.330 e. The zero-order valence-corrected chi connectivity index (χ0v) is 15.9. The van der Waals surface area contributed by atoms with Gasteiger partial charge in [0.05, 0.1) is 11.3 Å². The lowest BCUT2D eigenvalue weighted by molar-refractivity contribution is -0.138. The number of aromatic nitrogens is 1. The molecule has 28 heavy (non-hydrogen) atoms. The molecular formula is C21H27F3N4. The van der Waals surface area contributed by atoms with Crippen LogP contribution in [0.3, 0.4) is 0 Å². The smallest absolute Gasteiger partial charge is 0.330 e. The predicted molar refractivity (Wildman–Crippen MR) is 104 cm³/mol. The van der Waals surface area contributed by atoms with E-state index in [0.29, 0.717) is 19.6 Å². The Bertz CT molecular complexity index is 763. The zero-order chi connectivity index (χ0) is 20.0. The quantitative estimate of drug-likeness (QED) is 0.677. The lowest BCUT2D eigenvalue weighted by atomic mass is 9.95. The van der Waals surface area contributed by atoms with Crippen molar-refractivity contribution in [2.45, 2.75) is 44.6 Å². The third kappa shape index (κ3) is 5.53. The van der Waals surface area contributed by atoms with Crippen LogP contribution in [0.25, 0.3) is 0 Å². The average molecular weight is 392 g/mol. The molecule has 3 N–H and O–H groups in total. The lowest BCUT2D eigenvalue weighted by Gasteiger charge is -2.32. The monoisotopic (exact) mass is 392 g/mol. The summed E-state index contributed by atoms with van der Waals surface area (Å²) in [6, 6.07) is 10.9. The number of benzene rings is 1. The number of alkyl halides is 3. The molecule has 0 radical (unpaired) electrons. The van der Waals surface area contributed by atoms with E-state index >= 15 is 0 Å². The maximum absolute atomic E-state index is 13.3. The molecule has 7 heteroatoms. The van der Waals surface area contributed by atoms with E-state index in [0.717, 1.165) is 31.9 Å². The van der Waals surface area contributed by atoms with Crippen molar-refractivity contribution in [1.82, 2.24) is 15.2 Å². The van der Waals surface area contributed by atoms with Crippen LogP contribution in [0.1, 0.15) is 35.2 Å². The Kier molecular flexibility index (Phi) is 7.04. The van der Waals surface area contributed by atoms with E-state index in [2.05, 4.69) is 27.3 Å². The van der Waals surface area contributed by atoms with Gasteiger partial charge in [-0.1, -0.05) is 24.3 Å². The SMILES string of the molecule is NCCCCN(Cc1ncccc1C(F)(F)F)C[C@H]1Cc2ccccc2CN1. The van der Waals surface area contributed by atoms with Crippen molar-refractivity contribution in [2.24, 2.45) is 5.73 Å². The molecule has 1 aliphatic heterocycles. The molecule has 0 saturated heterocycles. The molecule has 1 aromatic heterocycles. The summed E-state index contributed by atoms with van der Waals surface area (Å²) < 4.78 is 40.0. The van der Waals surface area contributed by atoms with Gasteiger partial charge in [0.1, 0.15) is 0 Å². The number of halogens is 3. The van der Waals surface area contributed by atoms with Gasteiger partial charge in [-0.25, -0.2) is 0 Å². The van der Waals surface area contributed by atoms with Crippen LogP contribution in [0, 0.1) is 0 Å². The molecule has 2 aromatic rings. The molecule has 0 bridgehead atoms. The highest BCUT2D eigenvalue weighted by molar-refractivity contribution is 5.30. The Morgan fingerprint density at radius 3 is 2.64 bits per heavy atom. The topological polar surface area (TPSA) is 54.2 Å². The number of hydrogen-bond acceptors (Lipinski definition) is 4. The van der Waals surface area contributed by atoms with Gasteiger partial charge in [-0.15, -0.1) is 0 Å². The highest BCUT2D eigenvalue weighted by atomic mass is 19.4. The fraction of sp³-hybridized carbons (Fsp3) is 0.476. The summed E-state index contributed by atoms with van der Waals surface area (Å²) in [6.45, 7) is 2.92. The Labute approximate surface area is 163 Å². The highest BCUT2D eigenvalue weighted by Gasteiger charge is 2.34. The molecule has 2 heterocycles. The standard InChI is InChI=1S/C21H27F3N4/c22-21(23,24)19-8-5-10-26-20(19)15-28(11-4-3-9-25)14-18-12-16-6-1-2-7-17(16)13-27-18/h1-2,5-8,10,18,27H,3-4,9,11-15,25H2/t18-/m1/s1. The van der Waals surface area contributed by atoms with Gasteiger partial charge < -0.3 is 11.1 Å². The summed E-state index contributed by atoms with van der Waals surface area (Å²) in [5, 5.41) is 3.52. The minimum atomic E-state index is -4.39. The molecule has 0 fully saturated rings. The van der Waals surface area contributed by atoms with Gasteiger partial charge in [-0.2, -0.15) is 13.2 Å². The van der Waals surface area contributed by atoms with Crippen LogP contribution in [0.4, 0.5) is 13.2 Å². The van der Waals surface area contributed by atoms with E-state index in [1.807, 2.05) is 12.1 Å². The largest absolute Gasteiger partial charge is 0.418 e. The molecule has 0 amide bonds. The molecule has 4 nitrogen and oxygen atoms in total. The first kappa shape index (κ1) is 20.8. The zero-order valence-electron chi connectivity index (χ0n) is 15.9. The van der Waals surface area contributed by atoms with Gasteiger partial charge in [0.25, 0.3) is 0 Å². The van der Waals surface area contributed by atoms with E-state index in [1.165, 1.54) is 23.4 Å². The molecule has 3 rings (SSSR count). The van der Waals surface area contributed by atoms with Crippen LogP contribution in [-0.2, 0) is 25.7 Å². The maximum atomic E-state index is 13.3. The first-order valence-electron chi connectivity index (χ1n) is 9.71. The second-order valence-electron chi connectivity index (χ2n) is 7.28. The van der Waals surface area contributed by atoms with Crippen molar-refractivity contribution in [3.8, 4) is 0 Å². The molecule has 0 saturated carbocycles. The minimum absolute atomic E-state index is 0.0824. The Balaban J connectivity index is 1.72. The fourth-order valence-electron chi connectivity index (χ4n) is 3.71. The summed E-state index contributed by atoms with van der Waals surface area (Å²) in [6.07, 6.45) is -0.385. The van der Waals surface area contributed by atoms with Crippen molar-refractivity contribution in [3.63, 3.8) is 0 Å². The van der Waals surface area contributed by atoms with Crippen molar-refractivity contribution < 1.29 is 13.2 Å². The lowest BCUT2D eigenvalue weighted by Crippen LogP contribution is -2.45. The van der Waals surface area contributed by atoms with Crippen LogP contribution in [0.2, 0.25) is 0 Å². The number of pyridine rings is 1. The van der Waals surface area contributed by atoms with Gasteiger partial charge >= 0.3 is 6.18 Å². The Morgan fingerprint density at radius 2 is 1.89 bits per heavy atom. The van der Waals surface area contributed by atoms with Gasteiger partial charge in [-0.3, -0.25) is 9.88 Å². The highest BCUT2D eigenvalue weighted by Crippen LogP contribution is 2.31. The summed E-state index contributed by atoms with van der Waals surface area (Å²) in [5.74, 6) is 0. The van der Waals surface area contributed by atoms with Crippen LogP contribution in [-0.4, -0.2) is 35.6 Å². The van der Waals surface area contributed by atoms with E-state index in [-0.39, 0.29) is 18.3 Å². The molecule has 1 aromatic carbocycles. The van der Waals surface area contributed by atoms with Gasteiger partial charge in [0, 0.05) is 31.9 Å². The number of nitrogens with two attached hydrogens (primary N) is 1. The van der Waals surface area contributed by atoms with E-state index in [1.54, 1.807) is 0 Å². The van der Waals surface area contributed by atoms with Crippen LogP contribution >= 0.6 is 0 Å². The molecule has 0 unspecified atom stereocenters. The molecular weight excluding hydrogens is 365 g/mol. The van der Waals surface area contributed by atoms with Gasteiger partial charge in [-0.05, 0) is 55.6 Å². The predicted octanol–water partition coefficient (Wildman–Crippen LogP) is 3.36. The van der Waals surface area contributed by atoms with Crippen LogP contribution in [0.5, 0.6) is 0 Å². The molecule has 0 aliphatic carbocycles. The Morgan fingerprint density at radius 1 is 1.11 bits per heavy atom. The maximum Gasteiger partial charge on any atom is 0.418 e. The molecule has 0 spiro atoms. The molecule has 152 valence electrons. The molecule has 1 atom stereocenters. The molecule has 1 aliphatic rings. The van der Waals surface area contributed by atoms with Crippen molar-refractivity contribution in [3.05, 3.63) is 65.0 Å². The average Bonchev–Trinajstić information content (AvgIpc) is 2.67. The number of fused-ring (bicyclic) bond motifs is 1. The second kappa shape index (κ2) is 9.49. The summed E-state index contributed by atoms with van der Waals surface area (Å²) >= 11 is 0.